The molecule has 1 atom stereocenters. The predicted molar refractivity (Wildman–Crippen MR) is 43.5 cm³/mol. The predicted octanol–water partition coefficient (Wildman–Crippen LogP) is 1.89. The van der Waals surface area contributed by atoms with Gasteiger partial charge in [-0.05, 0) is 6.42 Å². The summed E-state index contributed by atoms with van der Waals surface area (Å²) in [6.45, 7) is 2.26. The van der Waals surface area contributed by atoms with Crippen LogP contribution in [0, 0.1) is 0 Å². The summed E-state index contributed by atoms with van der Waals surface area (Å²) in [5.41, 5.74) is 0. The minimum absolute atomic E-state index is 0.348. The second-order valence-electron chi connectivity index (χ2n) is 2.92. The van der Waals surface area contributed by atoms with Crippen molar-refractivity contribution >= 4 is 0 Å². The van der Waals surface area contributed by atoms with E-state index in [-0.39, 0.29) is 5.82 Å². The Bertz CT molecular complexity index is 295. The normalized spacial score (nSPS) is 14.4. The van der Waals surface area contributed by atoms with Crippen LogP contribution in [-0.2, 0) is 6.54 Å². The Balaban J connectivity index is 2.89. The fraction of sp³-hybridized carbons (Fsp3) is 0.625. The van der Waals surface area contributed by atoms with Gasteiger partial charge in [0.25, 0.3) is 0 Å². The Kier molecular flexibility index (Phi) is 3.15. The number of aliphatic hydroxyl groups is 1. The van der Waals surface area contributed by atoms with Gasteiger partial charge in [0.15, 0.2) is 0 Å². The standard InChI is InChI=1S/C8H11F3N2O/c1-2-4-13-5-3-12-7(13)6(14)8(9,10)11/h3,5-6,14H,2,4H2,1H3/t6-/m1/s1. The number of halogens is 3. The Labute approximate surface area is 79.2 Å². The van der Waals surface area contributed by atoms with Crippen molar-refractivity contribution in [3.63, 3.8) is 0 Å². The molecule has 1 aromatic rings. The van der Waals surface area contributed by atoms with Crippen molar-refractivity contribution in [3.8, 4) is 0 Å². The van der Waals surface area contributed by atoms with E-state index in [9.17, 15) is 13.2 Å². The minimum Gasteiger partial charge on any atom is -0.377 e. The molecule has 0 aromatic carbocycles. The zero-order valence-electron chi connectivity index (χ0n) is 7.62. The number of hydrogen-bond donors (Lipinski definition) is 1. The number of aromatic nitrogens is 2. The molecule has 14 heavy (non-hydrogen) atoms. The molecular weight excluding hydrogens is 197 g/mol. The van der Waals surface area contributed by atoms with Crippen LogP contribution in [0.5, 0.6) is 0 Å². The molecule has 0 radical (unpaired) electrons. The van der Waals surface area contributed by atoms with Crippen LogP contribution in [0.1, 0.15) is 25.3 Å². The monoisotopic (exact) mass is 208 g/mol. The topological polar surface area (TPSA) is 38.0 Å². The zero-order valence-corrected chi connectivity index (χ0v) is 7.62. The van der Waals surface area contributed by atoms with Gasteiger partial charge in [0, 0.05) is 18.9 Å². The fourth-order valence-corrected chi connectivity index (χ4v) is 1.14. The van der Waals surface area contributed by atoms with E-state index in [1.807, 2.05) is 6.92 Å². The largest absolute Gasteiger partial charge is 0.421 e. The van der Waals surface area contributed by atoms with Crippen molar-refractivity contribution in [2.24, 2.45) is 0 Å². The smallest absolute Gasteiger partial charge is 0.377 e. The molecule has 0 fully saturated rings. The summed E-state index contributed by atoms with van der Waals surface area (Å²) in [6.07, 6.45) is -3.79. The first kappa shape index (κ1) is 11.0. The highest BCUT2D eigenvalue weighted by atomic mass is 19.4. The van der Waals surface area contributed by atoms with Crippen LogP contribution in [0.2, 0.25) is 0 Å². The maximum atomic E-state index is 12.1. The third-order valence-corrected chi connectivity index (χ3v) is 1.77. The van der Waals surface area contributed by atoms with Gasteiger partial charge >= 0.3 is 6.18 Å². The third-order valence-electron chi connectivity index (χ3n) is 1.77. The summed E-state index contributed by atoms with van der Waals surface area (Å²) in [5, 5.41) is 8.95. The molecule has 0 saturated heterocycles. The van der Waals surface area contributed by atoms with Gasteiger partial charge in [-0.3, -0.25) is 0 Å². The number of hydrogen-bond acceptors (Lipinski definition) is 2. The minimum atomic E-state index is -4.66. The number of nitrogens with zero attached hydrogens (tertiary/aromatic N) is 2. The lowest BCUT2D eigenvalue weighted by Crippen LogP contribution is -2.23. The van der Waals surface area contributed by atoms with E-state index in [1.165, 1.54) is 17.0 Å². The van der Waals surface area contributed by atoms with Gasteiger partial charge in [0.2, 0.25) is 6.10 Å². The van der Waals surface area contributed by atoms with Gasteiger partial charge in [-0.2, -0.15) is 13.2 Å². The van der Waals surface area contributed by atoms with Crippen LogP contribution in [0.15, 0.2) is 12.4 Å². The molecule has 0 bridgehead atoms. The van der Waals surface area contributed by atoms with E-state index >= 15 is 0 Å². The lowest BCUT2D eigenvalue weighted by atomic mass is 10.3. The van der Waals surface area contributed by atoms with Gasteiger partial charge in [0.05, 0.1) is 0 Å². The highest BCUT2D eigenvalue weighted by molar-refractivity contribution is 4.99. The van der Waals surface area contributed by atoms with E-state index in [1.54, 1.807) is 0 Å². The molecule has 0 aliphatic carbocycles. The summed E-state index contributed by atoms with van der Waals surface area (Å²) in [4.78, 5) is 3.49. The maximum Gasteiger partial charge on any atom is 0.421 e. The quantitative estimate of drug-likeness (QED) is 0.823. The SMILES string of the molecule is CCCn1ccnc1[C@@H](O)C(F)(F)F. The van der Waals surface area contributed by atoms with Gasteiger partial charge in [-0.1, -0.05) is 6.92 Å². The molecule has 0 amide bonds. The summed E-state index contributed by atoms with van der Waals surface area (Å²) in [6, 6.07) is 0. The molecular formula is C8H11F3N2O. The number of alkyl halides is 3. The molecule has 1 N–H and O–H groups in total. The molecule has 0 spiro atoms. The lowest BCUT2D eigenvalue weighted by Gasteiger charge is -2.15. The third kappa shape index (κ3) is 2.25. The number of aliphatic hydroxyl groups excluding tert-OH is 1. The average Bonchev–Trinajstić information content (AvgIpc) is 2.50. The van der Waals surface area contributed by atoms with Crippen LogP contribution in [0.4, 0.5) is 13.2 Å². The number of rotatable bonds is 3. The van der Waals surface area contributed by atoms with Crippen molar-refractivity contribution < 1.29 is 18.3 Å². The lowest BCUT2D eigenvalue weighted by molar-refractivity contribution is -0.209. The first-order chi connectivity index (χ1) is 6.46. The Morgan fingerprint density at radius 2 is 2.21 bits per heavy atom. The fourth-order valence-electron chi connectivity index (χ4n) is 1.14. The van der Waals surface area contributed by atoms with E-state index < -0.39 is 12.3 Å². The molecule has 0 aliphatic heterocycles. The molecule has 80 valence electrons. The second kappa shape index (κ2) is 4.00. The highest BCUT2D eigenvalue weighted by Gasteiger charge is 2.41. The van der Waals surface area contributed by atoms with Crippen LogP contribution in [-0.4, -0.2) is 20.8 Å². The van der Waals surface area contributed by atoms with Gasteiger partial charge in [-0.25, -0.2) is 4.98 Å². The van der Waals surface area contributed by atoms with Crippen molar-refractivity contribution in [2.45, 2.75) is 32.2 Å². The van der Waals surface area contributed by atoms with Crippen LogP contribution in [0.25, 0.3) is 0 Å². The summed E-state index contributed by atoms with van der Waals surface area (Å²) >= 11 is 0. The molecule has 3 nitrogen and oxygen atoms in total. The first-order valence-corrected chi connectivity index (χ1v) is 4.22. The van der Waals surface area contributed by atoms with Gasteiger partial charge in [-0.15, -0.1) is 0 Å². The highest BCUT2D eigenvalue weighted by Crippen LogP contribution is 2.31. The van der Waals surface area contributed by atoms with Crippen molar-refractivity contribution in [3.05, 3.63) is 18.2 Å². The molecule has 1 heterocycles. The number of aryl methyl sites for hydroxylation is 1. The molecule has 6 heteroatoms. The number of imidazole rings is 1. The van der Waals surface area contributed by atoms with Crippen molar-refractivity contribution in [1.29, 1.82) is 0 Å². The zero-order chi connectivity index (χ0) is 10.8. The summed E-state index contributed by atoms with van der Waals surface area (Å²) in [7, 11) is 0. The van der Waals surface area contributed by atoms with Crippen LogP contribution >= 0.6 is 0 Å². The summed E-state index contributed by atoms with van der Waals surface area (Å²) < 4.78 is 37.7. The first-order valence-electron chi connectivity index (χ1n) is 4.22. The molecule has 1 rings (SSSR count). The molecule has 1 aromatic heterocycles. The van der Waals surface area contributed by atoms with Crippen LogP contribution < -0.4 is 0 Å². The molecule has 0 aliphatic rings. The van der Waals surface area contributed by atoms with Crippen molar-refractivity contribution in [2.75, 3.05) is 0 Å². The van der Waals surface area contributed by atoms with E-state index in [2.05, 4.69) is 4.98 Å². The Morgan fingerprint density at radius 3 is 2.71 bits per heavy atom. The maximum absolute atomic E-state index is 12.1. The second-order valence-corrected chi connectivity index (χ2v) is 2.92. The Hall–Kier alpha value is -1.04. The average molecular weight is 208 g/mol. The van der Waals surface area contributed by atoms with Gasteiger partial charge < -0.3 is 9.67 Å². The molecule has 0 saturated carbocycles. The van der Waals surface area contributed by atoms with Gasteiger partial charge in [0.1, 0.15) is 5.82 Å². The van der Waals surface area contributed by atoms with Crippen LogP contribution in [0.3, 0.4) is 0 Å². The van der Waals surface area contributed by atoms with Crippen molar-refractivity contribution in [1.82, 2.24) is 9.55 Å². The van der Waals surface area contributed by atoms with E-state index in [0.717, 1.165) is 0 Å². The van der Waals surface area contributed by atoms with E-state index in [0.29, 0.717) is 13.0 Å². The Morgan fingerprint density at radius 1 is 1.57 bits per heavy atom. The van der Waals surface area contributed by atoms with E-state index in [4.69, 9.17) is 5.11 Å². The molecule has 0 unspecified atom stereocenters. The summed E-state index contributed by atoms with van der Waals surface area (Å²) in [5.74, 6) is -0.348.